The minimum atomic E-state index is -3.22. The maximum Gasteiger partial charge on any atom is 0.154 e. The molecule has 0 N–H and O–H groups in total. The van der Waals surface area contributed by atoms with Crippen LogP contribution >= 0.6 is 54.8 Å². The van der Waals surface area contributed by atoms with Gasteiger partial charge in [0.25, 0.3) is 0 Å². The van der Waals surface area contributed by atoms with Gasteiger partial charge in [-0.3, -0.25) is 0 Å². The van der Waals surface area contributed by atoms with Crippen LogP contribution in [0.25, 0.3) is 0 Å². The number of halogens is 3. The highest BCUT2D eigenvalue weighted by Gasteiger charge is 2.40. The van der Waals surface area contributed by atoms with E-state index in [1.165, 1.54) is 17.6 Å². The van der Waals surface area contributed by atoms with E-state index >= 15 is 0 Å². The standard InChI is InChI=1S/C9H11Br2ClO2S2/c1-9(2,16(3,13)14)7(12)5-4-6(10)15-8(5)11/h4,7H,1-3H3. The van der Waals surface area contributed by atoms with E-state index in [4.69, 9.17) is 11.6 Å². The molecule has 1 atom stereocenters. The summed E-state index contributed by atoms with van der Waals surface area (Å²) in [6.07, 6.45) is 1.21. The van der Waals surface area contributed by atoms with Crippen LogP contribution in [0, 0.1) is 0 Å². The molecule has 0 spiro atoms. The van der Waals surface area contributed by atoms with Crippen molar-refractivity contribution < 1.29 is 8.42 Å². The smallest absolute Gasteiger partial charge is 0.154 e. The van der Waals surface area contributed by atoms with Gasteiger partial charge in [0.15, 0.2) is 9.84 Å². The number of rotatable bonds is 3. The summed E-state index contributed by atoms with van der Waals surface area (Å²) in [5.41, 5.74) is 0.800. The second-order valence-corrected chi connectivity index (χ2v) is 10.8. The summed E-state index contributed by atoms with van der Waals surface area (Å²) in [5, 5.41) is -0.584. The van der Waals surface area contributed by atoms with Gasteiger partial charge in [-0.15, -0.1) is 22.9 Å². The van der Waals surface area contributed by atoms with E-state index < -0.39 is 20.0 Å². The summed E-state index contributed by atoms with van der Waals surface area (Å²) in [6.45, 7) is 3.27. The normalized spacial score (nSPS) is 15.1. The Kier molecular flexibility index (Phi) is 4.56. The van der Waals surface area contributed by atoms with Crippen molar-refractivity contribution >= 4 is 64.6 Å². The van der Waals surface area contributed by atoms with Crippen LogP contribution in [0.1, 0.15) is 24.8 Å². The van der Waals surface area contributed by atoms with E-state index in [0.717, 1.165) is 13.1 Å². The number of thiophene rings is 1. The van der Waals surface area contributed by atoms with Crippen LogP contribution < -0.4 is 0 Å². The van der Waals surface area contributed by atoms with Gasteiger partial charge in [-0.1, -0.05) is 0 Å². The molecule has 2 nitrogen and oxygen atoms in total. The van der Waals surface area contributed by atoms with Gasteiger partial charge in [0, 0.05) is 6.26 Å². The van der Waals surface area contributed by atoms with Gasteiger partial charge in [-0.25, -0.2) is 8.42 Å². The van der Waals surface area contributed by atoms with Gasteiger partial charge in [0.2, 0.25) is 0 Å². The molecule has 0 amide bonds. The molecule has 0 saturated heterocycles. The highest BCUT2D eigenvalue weighted by molar-refractivity contribution is 9.12. The Morgan fingerprint density at radius 2 is 1.94 bits per heavy atom. The predicted octanol–water partition coefficient (Wildman–Crippen LogP) is 4.38. The molecule has 0 aliphatic carbocycles. The van der Waals surface area contributed by atoms with Crippen molar-refractivity contribution in [3.63, 3.8) is 0 Å². The predicted molar refractivity (Wildman–Crippen MR) is 77.2 cm³/mol. The summed E-state index contributed by atoms with van der Waals surface area (Å²) in [6, 6.07) is 1.85. The maximum absolute atomic E-state index is 11.7. The third kappa shape index (κ3) is 2.83. The Bertz CT molecular complexity index is 494. The average Bonchev–Trinajstić information content (AvgIpc) is 2.41. The Labute approximate surface area is 122 Å². The number of alkyl halides is 1. The molecule has 0 aromatic carbocycles. The molecule has 1 aromatic rings. The molecular weight excluding hydrogens is 399 g/mol. The van der Waals surface area contributed by atoms with Crippen LogP contribution in [0.3, 0.4) is 0 Å². The Morgan fingerprint density at radius 1 is 1.44 bits per heavy atom. The zero-order chi connectivity index (χ0) is 12.7. The van der Waals surface area contributed by atoms with E-state index in [9.17, 15) is 8.42 Å². The van der Waals surface area contributed by atoms with Crippen molar-refractivity contribution in [1.29, 1.82) is 0 Å². The van der Waals surface area contributed by atoms with Crippen LogP contribution in [0.2, 0.25) is 0 Å². The first kappa shape index (κ1) is 15.0. The molecule has 7 heteroatoms. The second-order valence-electron chi connectivity index (χ2n) is 4.02. The molecule has 0 saturated carbocycles. The summed E-state index contributed by atoms with van der Waals surface area (Å²) >= 11 is 14.5. The van der Waals surface area contributed by atoms with Crippen molar-refractivity contribution in [2.45, 2.75) is 24.0 Å². The van der Waals surface area contributed by atoms with Crippen molar-refractivity contribution in [2.24, 2.45) is 0 Å². The van der Waals surface area contributed by atoms with Crippen LogP contribution in [0.5, 0.6) is 0 Å². The third-order valence-corrected chi connectivity index (χ3v) is 7.96. The summed E-state index contributed by atoms with van der Waals surface area (Å²) in [4.78, 5) is 0. The fraction of sp³-hybridized carbons (Fsp3) is 0.556. The first-order valence-electron chi connectivity index (χ1n) is 4.35. The van der Waals surface area contributed by atoms with Crippen molar-refractivity contribution in [3.05, 3.63) is 19.2 Å². The second kappa shape index (κ2) is 4.88. The lowest BCUT2D eigenvalue weighted by molar-refractivity contribution is 0.544. The van der Waals surface area contributed by atoms with Crippen LogP contribution in [-0.4, -0.2) is 19.4 Å². The lowest BCUT2D eigenvalue weighted by Crippen LogP contribution is -2.35. The minimum absolute atomic E-state index is 0.584. The molecule has 0 bridgehead atoms. The van der Waals surface area contributed by atoms with Crippen molar-refractivity contribution in [1.82, 2.24) is 0 Å². The van der Waals surface area contributed by atoms with Crippen LogP contribution in [-0.2, 0) is 9.84 Å². The van der Waals surface area contributed by atoms with E-state index in [1.54, 1.807) is 13.8 Å². The Morgan fingerprint density at radius 3 is 2.25 bits per heavy atom. The van der Waals surface area contributed by atoms with Gasteiger partial charge in [0.1, 0.15) is 0 Å². The number of hydrogen-bond acceptors (Lipinski definition) is 3. The first-order valence-corrected chi connectivity index (χ1v) is 9.09. The van der Waals surface area contributed by atoms with E-state index in [1.807, 2.05) is 6.07 Å². The minimum Gasteiger partial charge on any atom is -0.229 e. The largest absolute Gasteiger partial charge is 0.229 e. The van der Waals surface area contributed by atoms with Crippen molar-refractivity contribution in [3.8, 4) is 0 Å². The maximum atomic E-state index is 11.7. The number of sulfone groups is 1. The first-order chi connectivity index (χ1) is 7.07. The number of hydrogen-bond donors (Lipinski definition) is 0. The van der Waals surface area contributed by atoms with E-state index in [-0.39, 0.29) is 0 Å². The molecule has 0 aliphatic rings. The molecule has 16 heavy (non-hydrogen) atoms. The van der Waals surface area contributed by atoms with E-state index in [0.29, 0.717) is 0 Å². The topological polar surface area (TPSA) is 34.1 Å². The van der Waals surface area contributed by atoms with E-state index in [2.05, 4.69) is 31.9 Å². The van der Waals surface area contributed by atoms with Gasteiger partial charge in [0.05, 0.1) is 17.7 Å². The van der Waals surface area contributed by atoms with Crippen LogP contribution in [0.4, 0.5) is 0 Å². The van der Waals surface area contributed by atoms with Gasteiger partial charge in [-0.05, 0) is 57.3 Å². The zero-order valence-electron chi connectivity index (χ0n) is 8.92. The Hall–Kier alpha value is 0.900. The molecule has 1 rings (SSSR count). The SMILES string of the molecule is CC(C)(C(Cl)c1cc(Br)sc1Br)S(C)(=O)=O. The Balaban J connectivity index is 3.22. The average molecular weight is 411 g/mol. The molecular formula is C9H11Br2ClO2S2. The fourth-order valence-electron chi connectivity index (χ4n) is 1.09. The van der Waals surface area contributed by atoms with Crippen molar-refractivity contribution in [2.75, 3.05) is 6.26 Å². The zero-order valence-corrected chi connectivity index (χ0v) is 14.5. The molecule has 0 radical (unpaired) electrons. The lowest BCUT2D eigenvalue weighted by Gasteiger charge is -2.27. The van der Waals surface area contributed by atoms with Crippen LogP contribution in [0.15, 0.2) is 13.6 Å². The molecule has 92 valence electrons. The molecule has 1 heterocycles. The lowest BCUT2D eigenvalue weighted by atomic mass is 10.0. The quantitative estimate of drug-likeness (QED) is 0.693. The van der Waals surface area contributed by atoms with Gasteiger partial charge >= 0.3 is 0 Å². The monoisotopic (exact) mass is 408 g/mol. The van der Waals surface area contributed by atoms with Gasteiger partial charge in [-0.2, -0.15) is 0 Å². The highest BCUT2D eigenvalue weighted by Crippen LogP contribution is 2.44. The van der Waals surface area contributed by atoms with Gasteiger partial charge < -0.3 is 0 Å². The summed E-state index contributed by atoms with van der Waals surface area (Å²) < 4.78 is 24.1. The molecule has 0 aliphatic heterocycles. The summed E-state index contributed by atoms with van der Waals surface area (Å²) in [7, 11) is -3.22. The molecule has 1 unspecified atom stereocenters. The molecule has 1 aromatic heterocycles. The highest BCUT2D eigenvalue weighted by atomic mass is 79.9. The fourth-order valence-corrected chi connectivity index (χ4v) is 5.35. The summed E-state index contributed by atoms with van der Waals surface area (Å²) in [5.74, 6) is 0. The molecule has 0 fully saturated rings. The third-order valence-electron chi connectivity index (χ3n) is 2.52.